The summed E-state index contributed by atoms with van der Waals surface area (Å²) in [6.07, 6.45) is 2.28. The fourth-order valence-corrected chi connectivity index (χ4v) is 5.85. The molecule has 1 aliphatic rings. The summed E-state index contributed by atoms with van der Waals surface area (Å²) in [6.45, 7) is 7.51. The molecule has 34 heavy (non-hydrogen) atoms. The number of morpholine rings is 1. The summed E-state index contributed by atoms with van der Waals surface area (Å²) in [5, 5.41) is 2.69. The van der Waals surface area contributed by atoms with Crippen molar-refractivity contribution in [2.45, 2.75) is 32.3 Å². The monoisotopic (exact) mass is 503 g/mol. The van der Waals surface area contributed by atoms with Crippen molar-refractivity contribution in [2.75, 3.05) is 32.5 Å². The Morgan fingerprint density at radius 1 is 1.32 bits per heavy atom. The van der Waals surface area contributed by atoms with Gasteiger partial charge in [0.1, 0.15) is 0 Å². The third-order valence-corrected chi connectivity index (χ3v) is 7.56. The first-order valence-corrected chi connectivity index (χ1v) is 13.8. The van der Waals surface area contributed by atoms with E-state index in [1.807, 2.05) is 17.5 Å². The van der Waals surface area contributed by atoms with Gasteiger partial charge in [-0.3, -0.25) is 9.59 Å². The second-order valence-corrected chi connectivity index (χ2v) is 12.3. The standard InChI is InChI=1S/C24H29N3O5S2/c1-24(2,3)20-11-15(17-6-5-7-25-22(17)28)10-18-19(14-33-21(18)20)23(29)27-8-9-32-16(13-27)12-26-34(4,30)31/h5-7,10-11,14,16,26H,8-9,12-13H2,1-4H3,(H,25,28). The Morgan fingerprint density at radius 3 is 2.76 bits per heavy atom. The van der Waals surface area contributed by atoms with Crippen LogP contribution in [0.15, 0.2) is 40.6 Å². The van der Waals surface area contributed by atoms with Gasteiger partial charge in [0, 0.05) is 46.9 Å². The van der Waals surface area contributed by atoms with E-state index in [0.29, 0.717) is 30.8 Å². The number of carbonyl (C=O) groups excluding carboxylic acids is 1. The zero-order valence-electron chi connectivity index (χ0n) is 19.7. The van der Waals surface area contributed by atoms with Crippen LogP contribution >= 0.6 is 11.3 Å². The van der Waals surface area contributed by atoms with Crippen LogP contribution in [-0.4, -0.2) is 62.8 Å². The summed E-state index contributed by atoms with van der Waals surface area (Å²) in [6, 6.07) is 7.53. The van der Waals surface area contributed by atoms with Crippen LogP contribution in [0.5, 0.6) is 0 Å². The zero-order valence-corrected chi connectivity index (χ0v) is 21.3. The van der Waals surface area contributed by atoms with Gasteiger partial charge in [-0.1, -0.05) is 20.8 Å². The molecule has 10 heteroatoms. The molecule has 0 radical (unpaired) electrons. The topological polar surface area (TPSA) is 109 Å². The fourth-order valence-electron chi connectivity index (χ4n) is 4.11. The molecule has 0 saturated carbocycles. The highest BCUT2D eigenvalue weighted by Gasteiger charge is 2.29. The number of benzene rings is 1. The van der Waals surface area contributed by atoms with Crippen LogP contribution in [0.1, 0.15) is 36.7 Å². The van der Waals surface area contributed by atoms with Crippen molar-refractivity contribution in [3.63, 3.8) is 0 Å². The molecule has 1 amide bonds. The maximum atomic E-state index is 13.6. The lowest BCUT2D eigenvalue weighted by atomic mass is 9.84. The highest BCUT2D eigenvalue weighted by molar-refractivity contribution is 7.88. The molecule has 8 nitrogen and oxygen atoms in total. The molecule has 1 saturated heterocycles. The number of fused-ring (bicyclic) bond motifs is 1. The van der Waals surface area contributed by atoms with E-state index in [4.69, 9.17) is 4.74 Å². The van der Waals surface area contributed by atoms with Crippen molar-refractivity contribution in [1.29, 1.82) is 0 Å². The lowest BCUT2D eigenvalue weighted by Gasteiger charge is -2.33. The second kappa shape index (κ2) is 9.26. The predicted molar refractivity (Wildman–Crippen MR) is 135 cm³/mol. The smallest absolute Gasteiger partial charge is 0.255 e. The summed E-state index contributed by atoms with van der Waals surface area (Å²) in [5.74, 6) is -0.127. The zero-order chi connectivity index (χ0) is 24.7. The minimum atomic E-state index is -3.35. The van der Waals surface area contributed by atoms with Gasteiger partial charge in [0.05, 0.1) is 24.5 Å². The van der Waals surface area contributed by atoms with Gasteiger partial charge in [-0.2, -0.15) is 0 Å². The number of ether oxygens (including phenoxy) is 1. The van der Waals surface area contributed by atoms with E-state index >= 15 is 0 Å². The Balaban J connectivity index is 1.73. The average molecular weight is 504 g/mol. The Labute approximate surface area is 203 Å². The van der Waals surface area contributed by atoms with E-state index in [9.17, 15) is 18.0 Å². The van der Waals surface area contributed by atoms with Crippen molar-refractivity contribution in [3.05, 3.63) is 57.3 Å². The number of amides is 1. The molecule has 0 bridgehead atoms. The van der Waals surface area contributed by atoms with Gasteiger partial charge < -0.3 is 14.6 Å². The molecule has 1 fully saturated rings. The first-order chi connectivity index (χ1) is 15.9. The van der Waals surface area contributed by atoms with Crippen molar-refractivity contribution < 1.29 is 17.9 Å². The summed E-state index contributed by atoms with van der Waals surface area (Å²) in [4.78, 5) is 30.5. The van der Waals surface area contributed by atoms with E-state index < -0.39 is 16.1 Å². The Hall–Kier alpha value is -2.53. The first-order valence-electron chi connectivity index (χ1n) is 11.0. The number of carbonyl (C=O) groups is 1. The highest BCUT2D eigenvalue weighted by Crippen LogP contribution is 2.39. The number of hydrogen-bond acceptors (Lipinski definition) is 6. The van der Waals surface area contributed by atoms with E-state index in [1.54, 1.807) is 23.2 Å². The quantitative estimate of drug-likeness (QED) is 0.557. The Morgan fingerprint density at radius 2 is 2.09 bits per heavy atom. The number of nitrogens with one attached hydrogen (secondary N) is 2. The van der Waals surface area contributed by atoms with E-state index in [-0.39, 0.29) is 23.4 Å². The normalized spacial score (nSPS) is 17.3. The van der Waals surface area contributed by atoms with Crippen molar-refractivity contribution in [3.8, 4) is 11.1 Å². The van der Waals surface area contributed by atoms with Crippen LogP contribution in [0.3, 0.4) is 0 Å². The van der Waals surface area contributed by atoms with Gasteiger partial charge in [-0.05, 0) is 40.8 Å². The van der Waals surface area contributed by atoms with E-state index in [1.165, 1.54) is 11.3 Å². The molecule has 1 atom stereocenters. The van der Waals surface area contributed by atoms with Crippen LogP contribution in [0.25, 0.3) is 21.2 Å². The molecule has 1 aromatic carbocycles. The lowest BCUT2D eigenvalue weighted by molar-refractivity contribution is -0.0181. The molecule has 3 heterocycles. The molecule has 2 N–H and O–H groups in total. The van der Waals surface area contributed by atoms with Crippen molar-refractivity contribution >= 4 is 37.4 Å². The van der Waals surface area contributed by atoms with Gasteiger partial charge in [-0.25, -0.2) is 13.1 Å². The second-order valence-electron chi connectivity index (χ2n) is 9.58. The molecule has 0 spiro atoms. The number of pyridine rings is 1. The van der Waals surface area contributed by atoms with Gasteiger partial charge in [0.25, 0.3) is 11.5 Å². The first kappa shape index (κ1) is 24.6. The van der Waals surface area contributed by atoms with Crippen LogP contribution < -0.4 is 10.3 Å². The van der Waals surface area contributed by atoms with Crippen LogP contribution in [0, 0.1) is 0 Å². The third kappa shape index (κ3) is 5.25. The molecule has 1 unspecified atom stereocenters. The molecule has 2 aromatic heterocycles. The summed E-state index contributed by atoms with van der Waals surface area (Å²) in [7, 11) is -3.35. The fraction of sp³-hybridized carbons (Fsp3) is 0.417. The van der Waals surface area contributed by atoms with Gasteiger partial charge in [0.2, 0.25) is 10.0 Å². The lowest BCUT2D eigenvalue weighted by Crippen LogP contribution is -2.49. The molecule has 0 aliphatic carbocycles. The number of hydrogen-bond donors (Lipinski definition) is 2. The molecular weight excluding hydrogens is 474 g/mol. The maximum absolute atomic E-state index is 13.6. The number of rotatable bonds is 5. The number of thiophene rings is 1. The average Bonchev–Trinajstić information content (AvgIpc) is 3.20. The number of sulfonamides is 1. The highest BCUT2D eigenvalue weighted by atomic mass is 32.2. The summed E-state index contributed by atoms with van der Waals surface area (Å²) >= 11 is 1.53. The number of nitrogens with zero attached hydrogens (tertiary/aromatic N) is 1. The number of H-pyrrole nitrogens is 1. The van der Waals surface area contributed by atoms with Crippen molar-refractivity contribution in [2.24, 2.45) is 0 Å². The van der Waals surface area contributed by atoms with Gasteiger partial charge in [0.15, 0.2) is 0 Å². The summed E-state index contributed by atoms with van der Waals surface area (Å²) in [5.41, 5.74) is 2.60. The maximum Gasteiger partial charge on any atom is 0.255 e. The van der Waals surface area contributed by atoms with Crippen molar-refractivity contribution in [1.82, 2.24) is 14.6 Å². The minimum Gasteiger partial charge on any atom is -0.373 e. The molecule has 182 valence electrons. The minimum absolute atomic E-state index is 0.113. The Bertz CT molecular complexity index is 1390. The van der Waals surface area contributed by atoms with Crippen LogP contribution in [0.2, 0.25) is 0 Å². The third-order valence-electron chi connectivity index (χ3n) is 5.84. The van der Waals surface area contributed by atoms with Crippen LogP contribution in [-0.2, 0) is 20.2 Å². The Kier molecular flexibility index (Phi) is 6.69. The van der Waals surface area contributed by atoms with Crippen LogP contribution in [0.4, 0.5) is 0 Å². The van der Waals surface area contributed by atoms with Gasteiger partial charge in [-0.15, -0.1) is 11.3 Å². The number of aromatic nitrogens is 1. The van der Waals surface area contributed by atoms with E-state index in [0.717, 1.165) is 27.5 Å². The largest absolute Gasteiger partial charge is 0.373 e. The van der Waals surface area contributed by atoms with E-state index in [2.05, 4.69) is 30.5 Å². The predicted octanol–water partition coefficient (Wildman–Crippen LogP) is 2.94. The SMILES string of the molecule is CC(C)(C)c1cc(-c2ccc[nH]c2=O)cc2c(C(=O)N3CCOC(CNS(C)(=O)=O)C3)csc12. The molecular formula is C24H29N3O5S2. The molecule has 4 rings (SSSR count). The molecule has 3 aromatic rings. The summed E-state index contributed by atoms with van der Waals surface area (Å²) < 4.78 is 32.0. The molecule has 1 aliphatic heterocycles. The van der Waals surface area contributed by atoms with Gasteiger partial charge >= 0.3 is 0 Å². The number of aromatic amines is 1.